The van der Waals surface area contributed by atoms with E-state index in [-0.39, 0.29) is 11.2 Å². The Morgan fingerprint density at radius 2 is 1.41 bits per heavy atom. The monoisotopic (exact) mass is 637 g/mol. The van der Waals surface area contributed by atoms with Crippen molar-refractivity contribution < 1.29 is 5.11 Å². The number of hydrogen-bond acceptors (Lipinski definition) is 6. The van der Waals surface area contributed by atoms with E-state index in [1.165, 1.54) is 0 Å². The van der Waals surface area contributed by atoms with Crippen molar-refractivity contribution in [2.24, 2.45) is 0 Å². The second-order valence-corrected chi connectivity index (χ2v) is 12.8. The Bertz CT molecular complexity index is 2300. The van der Waals surface area contributed by atoms with Gasteiger partial charge in [0.1, 0.15) is 11.6 Å². The number of phenolic OH excluding ortho intramolecular Hbond substituents is 1. The molecule has 8 rings (SSSR count). The summed E-state index contributed by atoms with van der Waals surface area (Å²) in [5.74, 6) is 1.03. The lowest BCUT2D eigenvalue weighted by atomic mass is 9.83. The Balaban J connectivity index is 1.28. The number of fused-ring (bicyclic) bond motifs is 3. The highest BCUT2D eigenvalue weighted by Gasteiger charge is 2.38. The molecule has 0 spiro atoms. The summed E-state index contributed by atoms with van der Waals surface area (Å²) in [6.45, 7) is 4.38. The third-order valence-electron chi connectivity index (χ3n) is 9.53. The predicted octanol–water partition coefficient (Wildman–Crippen LogP) is 10.5. The van der Waals surface area contributed by atoms with Gasteiger partial charge in [-0.3, -0.25) is 9.88 Å². The minimum Gasteiger partial charge on any atom is -0.507 e. The second-order valence-electron chi connectivity index (χ2n) is 12.8. The third kappa shape index (κ3) is 5.28. The first-order valence-corrected chi connectivity index (χ1v) is 16.4. The van der Waals surface area contributed by atoms with Gasteiger partial charge in [-0.25, -0.2) is 9.97 Å². The van der Waals surface area contributed by atoms with Crippen molar-refractivity contribution in [2.75, 3.05) is 16.8 Å². The molecule has 0 saturated carbocycles. The molecule has 49 heavy (non-hydrogen) atoms. The number of rotatable bonds is 7. The van der Waals surface area contributed by atoms with Gasteiger partial charge in [0.05, 0.1) is 29.0 Å². The van der Waals surface area contributed by atoms with Crippen molar-refractivity contribution in [1.82, 2.24) is 15.0 Å². The van der Waals surface area contributed by atoms with Gasteiger partial charge in [0.2, 0.25) is 0 Å². The molecule has 0 fully saturated rings. The van der Waals surface area contributed by atoms with Crippen molar-refractivity contribution in [3.8, 4) is 39.4 Å². The summed E-state index contributed by atoms with van der Waals surface area (Å²) in [5, 5.41) is 10.9. The van der Waals surface area contributed by atoms with E-state index in [9.17, 15) is 5.11 Å². The van der Waals surface area contributed by atoms with Crippen molar-refractivity contribution >= 4 is 28.6 Å². The summed E-state index contributed by atoms with van der Waals surface area (Å²) in [5.41, 5.74) is 11.5. The topological polar surface area (TPSA) is 65.4 Å². The largest absolute Gasteiger partial charge is 0.507 e. The van der Waals surface area contributed by atoms with Gasteiger partial charge in [0.15, 0.2) is 0 Å². The SMILES string of the molecule is CN(c1cccnc1)c1ccnc(N(c2cccc(-c3ccc4c(n3)-c3c(O)cccc3C4(C)C)c2)c2ccccc2-c2ccccc2)c1. The van der Waals surface area contributed by atoms with Gasteiger partial charge < -0.3 is 10.0 Å². The van der Waals surface area contributed by atoms with Gasteiger partial charge in [-0.15, -0.1) is 0 Å². The van der Waals surface area contributed by atoms with Crippen LogP contribution in [0.4, 0.5) is 28.6 Å². The van der Waals surface area contributed by atoms with E-state index in [1.54, 1.807) is 12.3 Å². The average Bonchev–Trinajstić information content (AvgIpc) is 3.39. The number of hydrogen-bond donors (Lipinski definition) is 1. The average molecular weight is 638 g/mol. The van der Waals surface area contributed by atoms with Crippen LogP contribution in [0.1, 0.15) is 25.0 Å². The maximum Gasteiger partial charge on any atom is 0.139 e. The molecule has 0 unspecified atom stereocenters. The Morgan fingerprint density at radius 3 is 2.24 bits per heavy atom. The van der Waals surface area contributed by atoms with E-state index in [4.69, 9.17) is 9.97 Å². The summed E-state index contributed by atoms with van der Waals surface area (Å²) in [6, 6.07) is 45.4. The molecule has 0 bridgehead atoms. The fraction of sp³-hybridized carbons (Fsp3) is 0.0930. The van der Waals surface area contributed by atoms with E-state index in [0.717, 1.165) is 73.3 Å². The van der Waals surface area contributed by atoms with Crippen LogP contribution in [0.25, 0.3) is 33.6 Å². The normalized spacial score (nSPS) is 12.6. The van der Waals surface area contributed by atoms with Gasteiger partial charge in [-0.05, 0) is 65.2 Å². The molecular formula is C43H35N5O. The van der Waals surface area contributed by atoms with E-state index >= 15 is 0 Å². The van der Waals surface area contributed by atoms with E-state index in [2.05, 4.69) is 126 Å². The molecule has 238 valence electrons. The fourth-order valence-electron chi connectivity index (χ4n) is 6.94. The predicted molar refractivity (Wildman–Crippen MR) is 199 cm³/mol. The highest BCUT2D eigenvalue weighted by atomic mass is 16.3. The number of aromatic hydroxyl groups is 1. The van der Waals surface area contributed by atoms with Crippen LogP contribution in [0.15, 0.2) is 152 Å². The first-order valence-electron chi connectivity index (χ1n) is 16.4. The number of para-hydroxylation sites is 1. The maximum atomic E-state index is 10.9. The summed E-state index contributed by atoms with van der Waals surface area (Å²) >= 11 is 0. The minimum atomic E-state index is -0.256. The van der Waals surface area contributed by atoms with Crippen LogP contribution in [0.5, 0.6) is 5.75 Å². The van der Waals surface area contributed by atoms with Crippen molar-refractivity contribution in [2.45, 2.75) is 19.3 Å². The number of benzene rings is 4. The zero-order valence-corrected chi connectivity index (χ0v) is 27.6. The molecule has 1 aliphatic carbocycles. The van der Waals surface area contributed by atoms with E-state index < -0.39 is 0 Å². The van der Waals surface area contributed by atoms with Crippen molar-refractivity contribution in [3.63, 3.8) is 0 Å². The number of aromatic nitrogens is 3. The lowest BCUT2D eigenvalue weighted by Gasteiger charge is -2.28. The number of anilines is 5. The first-order chi connectivity index (χ1) is 23.9. The van der Waals surface area contributed by atoms with Crippen LogP contribution < -0.4 is 9.80 Å². The molecule has 6 nitrogen and oxygen atoms in total. The zero-order valence-electron chi connectivity index (χ0n) is 27.6. The fourth-order valence-corrected chi connectivity index (χ4v) is 6.94. The Morgan fingerprint density at radius 1 is 0.633 bits per heavy atom. The molecule has 0 amide bonds. The maximum absolute atomic E-state index is 10.9. The lowest BCUT2D eigenvalue weighted by molar-refractivity contribution is 0.476. The van der Waals surface area contributed by atoms with Crippen LogP contribution in [0, 0.1) is 0 Å². The number of pyridine rings is 3. The van der Waals surface area contributed by atoms with Gasteiger partial charge in [0, 0.05) is 59.0 Å². The molecule has 4 aromatic carbocycles. The summed E-state index contributed by atoms with van der Waals surface area (Å²) < 4.78 is 0. The number of phenols is 1. The van der Waals surface area contributed by atoms with Crippen LogP contribution in [-0.4, -0.2) is 27.1 Å². The van der Waals surface area contributed by atoms with E-state index in [1.807, 2.05) is 49.8 Å². The summed E-state index contributed by atoms with van der Waals surface area (Å²) in [6.07, 6.45) is 5.49. The Hall–Kier alpha value is -6.27. The molecule has 3 aromatic heterocycles. The standard InChI is InChI=1S/C43H35N5O/c1-43(2)35-18-10-20-39(49)41(35)42-36(43)21-22-37(46-42)30-14-9-15-32(26-30)48(38-19-8-7-17-34(38)29-12-5-4-6-13-29)40-27-31(23-25-45-40)47(3)33-16-11-24-44-28-33/h4-28,49H,1-3H3. The molecular weight excluding hydrogens is 603 g/mol. The quantitative estimate of drug-likeness (QED) is 0.188. The molecule has 7 aromatic rings. The van der Waals surface area contributed by atoms with Gasteiger partial charge in [-0.2, -0.15) is 0 Å². The zero-order chi connectivity index (χ0) is 33.5. The summed E-state index contributed by atoms with van der Waals surface area (Å²) in [7, 11) is 2.04. The first kappa shape index (κ1) is 30.1. The molecule has 0 saturated heterocycles. The highest BCUT2D eigenvalue weighted by molar-refractivity contribution is 5.89. The van der Waals surface area contributed by atoms with Crippen LogP contribution in [-0.2, 0) is 5.41 Å². The van der Waals surface area contributed by atoms with Gasteiger partial charge in [0.25, 0.3) is 0 Å². The number of nitrogens with zero attached hydrogens (tertiary/aromatic N) is 5. The van der Waals surface area contributed by atoms with Crippen LogP contribution >= 0.6 is 0 Å². The van der Waals surface area contributed by atoms with E-state index in [0.29, 0.717) is 0 Å². The van der Waals surface area contributed by atoms with Gasteiger partial charge >= 0.3 is 0 Å². The highest BCUT2D eigenvalue weighted by Crippen LogP contribution is 2.51. The van der Waals surface area contributed by atoms with Crippen molar-refractivity contribution in [3.05, 3.63) is 163 Å². The second kappa shape index (κ2) is 12.1. The van der Waals surface area contributed by atoms with Crippen LogP contribution in [0.3, 0.4) is 0 Å². The molecule has 0 aliphatic heterocycles. The van der Waals surface area contributed by atoms with Crippen LogP contribution in [0.2, 0.25) is 0 Å². The molecule has 0 radical (unpaired) electrons. The Labute approximate surface area is 286 Å². The Kier molecular flexibility index (Phi) is 7.41. The molecule has 1 aliphatic rings. The van der Waals surface area contributed by atoms with Gasteiger partial charge in [-0.1, -0.05) is 92.7 Å². The molecule has 3 heterocycles. The molecule has 6 heteroatoms. The smallest absolute Gasteiger partial charge is 0.139 e. The lowest BCUT2D eigenvalue weighted by Crippen LogP contribution is -2.15. The molecule has 0 atom stereocenters. The summed E-state index contributed by atoms with van der Waals surface area (Å²) in [4.78, 5) is 18.8. The van der Waals surface area contributed by atoms with Crippen molar-refractivity contribution in [1.29, 1.82) is 0 Å². The minimum absolute atomic E-state index is 0.256. The molecule has 1 N–H and O–H groups in total. The third-order valence-corrected chi connectivity index (χ3v) is 9.53.